The molecule has 1 aliphatic heterocycles. The van der Waals surface area contributed by atoms with Crippen LogP contribution in [0.2, 0.25) is 0 Å². The van der Waals surface area contributed by atoms with Crippen LogP contribution in [0, 0.1) is 31.0 Å². The van der Waals surface area contributed by atoms with Crippen molar-refractivity contribution in [2.24, 2.45) is 5.92 Å². The van der Waals surface area contributed by atoms with E-state index in [1.54, 1.807) is 6.07 Å². The van der Waals surface area contributed by atoms with E-state index < -0.39 is 5.82 Å². The van der Waals surface area contributed by atoms with Crippen molar-refractivity contribution in [2.75, 3.05) is 11.4 Å². The van der Waals surface area contributed by atoms with Gasteiger partial charge >= 0.3 is 0 Å². The fraction of sp³-hybridized carbons (Fsp3) is 0.308. The second kappa shape index (κ2) is 4.50. The minimum absolute atomic E-state index is 0.117. The highest BCUT2D eigenvalue weighted by atomic mass is 79.9. The average Bonchev–Trinajstić information content (AvgIpc) is 2.65. The van der Waals surface area contributed by atoms with Gasteiger partial charge in [-0.3, -0.25) is 4.79 Å². The Morgan fingerprint density at radius 2 is 2.29 bits per heavy atom. The van der Waals surface area contributed by atoms with Crippen LogP contribution in [0.25, 0.3) is 0 Å². The summed E-state index contributed by atoms with van der Waals surface area (Å²) in [4.78, 5) is 13.2. The zero-order chi connectivity index (χ0) is 12.6. The van der Waals surface area contributed by atoms with Crippen LogP contribution in [0.4, 0.5) is 10.1 Å². The molecule has 2 nitrogen and oxygen atoms in total. The molecule has 1 saturated heterocycles. The van der Waals surface area contributed by atoms with Gasteiger partial charge in [0.15, 0.2) is 0 Å². The summed E-state index contributed by atoms with van der Waals surface area (Å²) >= 11 is 3.25. The lowest BCUT2D eigenvalue weighted by Crippen LogP contribution is -2.25. The number of terminal acetylenes is 1. The summed E-state index contributed by atoms with van der Waals surface area (Å²) < 4.78 is 14.5. The van der Waals surface area contributed by atoms with Crippen LogP contribution in [0.3, 0.4) is 0 Å². The molecule has 1 aromatic carbocycles. The SMILES string of the molecule is C#CC1CC(=O)N(c2cc(C)c(Br)cc2F)C1. The van der Waals surface area contributed by atoms with Crippen LogP contribution in [0.5, 0.6) is 0 Å². The molecule has 1 amide bonds. The highest BCUT2D eigenvalue weighted by Gasteiger charge is 2.31. The number of carbonyl (C=O) groups is 1. The maximum atomic E-state index is 13.8. The second-order valence-corrected chi connectivity index (χ2v) is 4.98. The van der Waals surface area contributed by atoms with Crippen molar-refractivity contribution in [1.82, 2.24) is 0 Å². The van der Waals surface area contributed by atoms with E-state index >= 15 is 0 Å². The number of benzene rings is 1. The fourth-order valence-corrected chi connectivity index (χ4v) is 2.22. The van der Waals surface area contributed by atoms with E-state index in [9.17, 15) is 9.18 Å². The van der Waals surface area contributed by atoms with Crippen molar-refractivity contribution < 1.29 is 9.18 Å². The number of nitrogens with zero attached hydrogens (tertiary/aromatic N) is 1. The Balaban J connectivity index is 2.39. The molecule has 0 saturated carbocycles. The van der Waals surface area contributed by atoms with Gasteiger partial charge in [0.2, 0.25) is 5.91 Å². The van der Waals surface area contributed by atoms with Gasteiger partial charge < -0.3 is 4.90 Å². The maximum absolute atomic E-state index is 13.8. The first-order valence-corrected chi connectivity index (χ1v) is 6.04. The van der Waals surface area contributed by atoms with Crippen molar-refractivity contribution >= 4 is 27.5 Å². The Morgan fingerprint density at radius 3 is 2.88 bits per heavy atom. The first kappa shape index (κ1) is 12.1. The molecule has 1 atom stereocenters. The van der Waals surface area contributed by atoms with E-state index in [-0.39, 0.29) is 11.8 Å². The molecule has 2 rings (SSSR count). The van der Waals surface area contributed by atoms with Gasteiger partial charge in [0.1, 0.15) is 5.82 Å². The Hall–Kier alpha value is -1.34. The first-order chi connectivity index (χ1) is 8.02. The van der Waals surface area contributed by atoms with Gasteiger partial charge in [-0.15, -0.1) is 12.3 Å². The molecule has 17 heavy (non-hydrogen) atoms. The summed E-state index contributed by atoms with van der Waals surface area (Å²) in [5.74, 6) is 1.90. The zero-order valence-corrected chi connectivity index (χ0v) is 10.9. The maximum Gasteiger partial charge on any atom is 0.228 e. The number of anilines is 1. The summed E-state index contributed by atoms with van der Waals surface area (Å²) in [7, 11) is 0. The number of halogens is 2. The molecule has 0 bridgehead atoms. The number of carbonyl (C=O) groups excluding carboxylic acids is 1. The summed E-state index contributed by atoms with van der Waals surface area (Å²) in [5, 5.41) is 0. The molecule has 0 radical (unpaired) electrons. The van der Waals surface area contributed by atoms with Gasteiger partial charge in [-0.05, 0) is 24.6 Å². The third-order valence-electron chi connectivity index (χ3n) is 2.88. The lowest BCUT2D eigenvalue weighted by atomic mass is 10.1. The van der Waals surface area contributed by atoms with Crippen molar-refractivity contribution in [3.05, 3.63) is 28.0 Å². The Kier molecular flexibility index (Phi) is 3.21. The molecular formula is C13H11BrFNO. The van der Waals surface area contributed by atoms with Crippen LogP contribution in [-0.4, -0.2) is 12.5 Å². The van der Waals surface area contributed by atoms with Crippen LogP contribution < -0.4 is 4.90 Å². The third kappa shape index (κ3) is 2.20. The zero-order valence-electron chi connectivity index (χ0n) is 9.34. The van der Waals surface area contributed by atoms with Gasteiger partial charge in [-0.1, -0.05) is 15.9 Å². The van der Waals surface area contributed by atoms with Gasteiger partial charge in [0.25, 0.3) is 0 Å². The fourth-order valence-electron chi connectivity index (χ4n) is 1.90. The minimum Gasteiger partial charge on any atom is -0.308 e. The Labute approximate surface area is 108 Å². The minimum atomic E-state index is -0.409. The van der Waals surface area contributed by atoms with Crippen LogP contribution in [-0.2, 0) is 4.79 Å². The Bertz CT molecular complexity index is 521. The number of amides is 1. The van der Waals surface area contributed by atoms with Crippen molar-refractivity contribution in [2.45, 2.75) is 13.3 Å². The van der Waals surface area contributed by atoms with Crippen LogP contribution >= 0.6 is 15.9 Å². The molecule has 0 N–H and O–H groups in total. The molecule has 88 valence electrons. The number of hydrogen-bond donors (Lipinski definition) is 0. The molecule has 1 aromatic rings. The summed E-state index contributed by atoms with van der Waals surface area (Å²) in [6, 6.07) is 3.04. The highest BCUT2D eigenvalue weighted by molar-refractivity contribution is 9.10. The quantitative estimate of drug-likeness (QED) is 0.730. The predicted molar refractivity (Wildman–Crippen MR) is 68.1 cm³/mol. The molecule has 0 aromatic heterocycles. The molecule has 1 heterocycles. The highest BCUT2D eigenvalue weighted by Crippen LogP contribution is 2.31. The first-order valence-electron chi connectivity index (χ1n) is 5.25. The lowest BCUT2D eigenvalue weighted by Gasteiger charge is -2.18. The summed E-state index contributed by atoms with van der Waals surface area (Å²) in [6.45, 7) is 2.25. The largest absolute Gasteiger partial charge is 0.308 e. The van der Waals surface area contributed by atoms with Crippen molar-refractivity contribution in [3.63, 3.8) is 0 Å². The van der Waals surface area contributed by atoms with E-state index in [4.69, 9.17) is 6.42 Å². The summed E-state index contributed by atoms with van der Waals surface area (Å²) in [5.41, 5.74) is 1.20. The molecule has 0 aliphatic carbocycles. The van der Waals surface area contributed by atoms with Crippen LogP contribution in [0.1, 0.15) is 12.0 Å². The second-order valence-electron chi connectivity index (χ2n) is 4.12. The molecule has 4 heteroatoms. The molecule has 1 fully saturated rings. The van der Waals surface area contributed by atoms with Gasteiger partial charge in [-0.25, -0.2) is 4.39 Å². The number of rotatable bonds is 1. The smallest absolute Gasteiger partial charge is 0.228 e. The molecular weight excluding hydrogens is 285 g/mol. The van der Waals surface area contributed by atoms with Crippen molar-refractivity contribution in [1.29, 1.82) is 0 Å². The normalized spacial score (nSPS) is 19.5. The third-order valence-corrected chi connectivity index (χ3v) is 3.73. The monoisotopic (exact) mass is 295 g/mol. The van der Waals surface area contributed by atoms with Crippen LogP contribution in [0.15, 0.2) is 16.6 Å². The van der Waals surface area contributed by atoms with E-state index in [1.165, 1.54) is 11.0 Å². The lowest BCUT2D eigenvalue weighted by molar-refractivity contribution is -0.117. The average molecular weight is 296 g/mol. The van der Waals surface area contributed by atoms with Gasteiger partial charge in [0, 0.05) is 23.4 Å². The Morgan fingerprint density at radius 1 is 1.59 bits per heavy atom. The standard InChI is InChI=1S/C13H11BrFNO/c1-3-9-5-13(17)16(7-9)12-4-8(2)10(14)6-11(12)15/h1,4,6,9H,5,7H2,2H3. The molecule has 0 spiro atoms. The van der Waals surface area contributed by atoms with E-state index in [0.29, 0.717) is 23.1 Å². The van der Waals surface area contributed by atoms with Crippen molar-refractivity contribution in [3.8, 4) is 12.3 Å². The topological polar surface area (TPSA) is 20.3 Å². The molecule has 1 unspecified atom stereocenters. The molecule has 1 aliphatic rings. The predicted octanol–water partition coefficient (Wildman–Crippen LogP) is 2.88. The van der Waals surface area contributed by atoms with Gasteiger partial charge in [-0.2, -0.15) is 0 Å². The number of aryl methyl sites for hydroxylation is 1. The number of hydrogen-bond acceptors (Lipinski definition) is 1. The van der Waals surface area contributed by atoms with E-state index in [0.717, 1.165) is 5.56 Å². The van der Waals surface area contributed by atoms with Gasteiger partial charge in [0.05, 0.1) is 5.69 Å². The van der Waals surface area contributed by atoms with E-state index in [1.807, 2.05) is 6.92 Å². The summed E-state index contributed by atoms with van der Waals surface area (Å²) in [6.07, 6.45) is 5.59. The van der Waals surface area contributed by atoms with E-state index in [2.05, 4.69) is 21.9 Å².